The first kappa shape index (κ1) is 23.2. The number of nitrogens with zero attached hydrogens (tertiary/aromatic N) is 3. The van der Waals surface area contributed by atoms with Crippen molar-refractivity contribution in [3.05, 3.63) is 82.2 Å². The Morgan fingerprint density at radius 3 is 2.47 bits per heavy atom. The van der Waals surface area contributed by atoms with E-state index in [-0.39, 0.29) is 17.4 Å². The molecule has 0 aliphatic carbocycles. The van der Waals surface area contributed by atoms with Gasteiger partial charge in [0, 0.05) is 36.3 Å². The molecule has 1 aromatic heterocycles. The van der Waals surface area contributed by atoms with Gasteiger partial charge < -0.3 is 15.0 Å². The molecule has 0 radical (unpaired) electrons. The summed E-state index contributed by atoms with van der Waals surface area (Å²) in [5.41, 5.74) is 1.38. The number of hydrogen-bond donors (Lipinski definition) is 1. The van der Waals surface area contributed by atoms with Crippen molar-refractivity contribution in [3.8, 4) is 11.3 Å². The van der Waals surface area contributed by atoms with Crippen LogP contribution in [-0.4, -0.2) is 39.6 Å². The number of nitrogens with one attached hydrogen (secondary N) is 1. The van der Waals surface area contributed by atoms with E-state index in [0.717, 1.165) is 5.56 Å². The van der Waals surface area contributed by atoms with E-state index in [9.17, 15) is 19.3 Å². The van der Waals surface area contributed by atoms with Crippen molar-refractivity contribution in [2.45, 2.75) is 32.3 Å². The largest absolute Gasteiger partial charge is 0.444 e. The van der Waals surface area contributed by atoms with Gasteiger partial charge in [0.15, 0.2) is 0 Å². The highest BCUT2D eigenvalue weighted by atomic mass is 19.1. The topological polar surface area (TPSA) is 97.6 Å². The Morgan fingerprint density at radius 1 is 1.15 bits per heavy atom. The number of rotatable bonds is 5. The monoisotopic (exact) mass is 464 g/mol. The lowest BCUT2D eigenvalue weighted by Gasteiger charge is -2.40. The highest BCUT2D eigenvalue weighted by Crippen LogP contribution is 2.33. The van der Waals surface area contributed by atoms with Crippen LogP contribution in [0.3, 0.4) is 0 Å². The van der Waals surface area contributed by atoms with Crippen molar-refractivity contribution in [1.82, 2.24) is 9.88 Å². The molecule has 0 saturated carbocycles. The molecule has 34 heavy (non-hydrogen) atoms. The fourth-order valence-electron chi connectivity index (χ4n) is 3.68. The summed E-state index contributed by atoms with van der Waals surface area (Å²) in [6.45, 7) is 6.11. The number of carbonyl (C=O) groups is 1. The number of halogens is 1. The molecule has 1 aliphatic rings. The standard InChI is InChI=1S/C25H25FN4O4/c1-25(2,3)34-24(31)29-14-17(15-29)19-10-9-18(13-20(19)26)27-23-22(30(32)33)12-11-21(28-23)16-7-5-4-6-8-16/h4-13,17H,14-15H2,1-3H3,(H,27,28). The average molecular weight is 464 g/mol. The first-order valence-electron chi connectivity index (χ1n) is 10.9. The van der Waals surface area contributed by atoms with Gasteiger partial charge in [0.1, 0.15) is 11.4 Å². The molecule has 3 aromatic rings. The zero-order valence-corrected chi connectivity index (χ0v) is 19.1. The molecule has 2 aromatic carbocycles. The van der Waals surface area contributed by atoms with E-state index in [1.807, 2.05) is 30.3 Å². The number of likely N-dealkylation sites (tertiary alicyclic amines) is 1. The van der Waals surface area contributed by atoms with Crippen molar-refractivity contribution >= 4 is 23.3 Å². The van der Waals surface area contributed by atoms with Gasteiger partial charge in [0.25, 0.3) is 0 Å². The van der Waals surface area contributed by atoms with Gasteiger partial charge in [-0.1, -0.05) is 36.4 Å². The SMILES string of the molecule is CC(C)(C)OC(=O)N1CC(c2ccc(Nc3nc(-c4ccccc4)ccc3[N+](=O)[O-])cc2F)C1. The second-order valence-electron chi connectivity index (χ2n) is 9.13. The van der Waals surface area contributed by atoms with Crippen molar-refractivity contribution in [2.75, 3.05) is 18.4 Å². The van der Waals surface area contributed by atoms with Crippen LogP contribution in [0.25, 0.3) is 11.3 Å². The van der Waals surface area contributed by atoms with E-state index in [1.165, 1.54) is 17.0 Å². The highest BCUT2D eigenvalue weighted by molar-refractivity contribution is 5.71. The number of anilines is 2. The van der Waals surface area contributed by atoms with Crippen LogP contribution in [0.4, 0.5) is 26.4 Å². The molecule has 1 saturated heterocycles. The molecule has 0 bridgehead atoms. The van der Waals surface area contributed by atoms with Gasteiger partial charge in [-0.25, -0.2) is 14.2 Å². The minimum absolute atomic E-state index is 0.0262. The number of ether oxygens (including phenoxy) is 1. The van der Waals surface area contributed by atoms with Crippen LogP contribution in [0.1, 0.15) is 32.3 Å². The summed E-state index contributed by atoms with van der Waals surface area (Å²) in [6, 6.07) is 16.8. The Balaban J connectivity index is 1.50. The summed E-state index contributed by atoms with van der Waals surface area (Å²) in [7, 11) is 0. The summed E-state index contributed by atoms with van der Waals surface area (Å²) in [5.74, 6) is -0.575. The second-order valence-corrected chi connectivity index (χ2v) is 9.13. The molecule has 9 heteroatoms. The molecule has 4 rings (SSSR count). The molecule has 8 nitrogen and oxygen atoms in total. The van der Waals surface area contributed by atoms with Gasteiger partial charge in [-0.15, -0.1) is 0 Å². The number of nitro groups is 1. The summed E-state index contributed by atoms with van der Waals surface area (Å²) >= 11 is 0. The molecule has 2 heterocycles. The summed E-state index contributed by atoms with van der Waals surface area (Å²) < 4.78 is 20.2. The normalized spacial score (nSPS) is 13.8. The van der Waals surface area contributed by atoms with Crippen LogP contribution in [0.2, 0.25) is 0 Å². The molecule has 0 atom stereocenters. The van der Waals surface area contributed by atoms with E-state index in [0.29, 0.717) is 30.0 Å². The van der Waals surface area contributed by atoms with Gasteiger partial charge in [-0.3, -0.25) is 10.1 Å². The first-order valence-corrected chi connectivity index (χ1v) is 10.9. The van der Waals surface area contributed by atoms with Crippen molar-refractivity contribution < 1.29 is 18.8 Å². The van der Waals surface area contributed by atoms with E-state index >= 15 is 0 Å². The zero-order chi connectivity index (χ0) is 24.5. The molecule has 0 spiro atoms. The van der Waals surface area contributed by atoms with Crippen LogP contribution < -0.4 is 5.32 Å². The van der Waals surface area contributed by atoms with Crippen molar-refractivity contribution in [1.29, 1.82) is 0 Å². The fourth-order valence-corrected chi connectivity index (χ4v) is 3.68. The quantitative estimate of drug-likeness (QED) is 0.374. The number of carbonyl (C=O) groups excluding carboxylic acids is 1. The zero-order valence-electron chi connectivity index (χ0n) is 19.1. The number of pyridine rings is 1. The van der Waals surface area contributed by atoms with Crippen LogP contribution in [0, 0.1) is 15.9 Å². The molecule has 1 aliphatic heterocycles. The maximum absolute atomic E-state index is 14.9. The third-order valence-electron chi connectivity index (χ3n) is 5.38. The minimum atomic E-state index is -0.588. The first-order chi connectivity index (χ1) is 16.1. The minimum Gasteiger partial charge on any atom is -0.444 e. The van der Waals surface area contributed by atoms with Gasteiger partial charge in [0.2, 0.25) is 5.82 Å². The predicted octanol–water partition coefficient (Wildman–Crippen LogP) is 5.87. The Bertz CT molecular complexity index is 1220. The maximum atomic E-state index is 14.9. The third-order valence-corrected chi connectivity index (χ3v) is 5.38. The fraction of sp³-hybridized carbons (Fsp3) is 0.280. The van der Waals surface area contributed by atoms with Crippen molar-refractivity contribution in [2.24, 2.45) is 0 Å². The van der Waals surface area contributed by atoms with Gasteiger partial charge in [-0.05, 0) is 44.5 Å². The van der Waals surface area contributed by atoms with Crippen molar-refractivity contribution in [3.63, 3.8) is 0 Å². The predicted molar refractivity (Wildman–Crippen MR) is 127 cm³/mol. The lowest BCUT2D eigenvalue weighted by Crippen LogP contribution is -2.50. The highest BCUT2D eigenvalue weighted by Gasteiger charge is 2.35. The number of aromatic nitrogens is 1. The number of hydrogen-bond acceptors (Lipinski definition) is 6. The molecule has 1 N–H and O–H groups in total. The van der Waals surface area contributed by atoms with Crippen LogP contribution in [-0.2, 0) is 4.74 Å². The number of amides is 1. The smallest absolute Gasteiger partial charge is 0.410 e. The van der Waals surface area contributed by atoms with Crippen LogP contribution >= 0.6 is 0 Å². The van der Waals surface area contributed by atoms with Crippen LogP contribution in [0.15, 0.2) is 60.7 Å². The van der Waals surface area contributed by atoms with E-state index in [1.54, 1.807) is 39.0 Å². The van der Waals surface area contributed by atoms with Gasteiger partial charge in [0.05, 0.1) is 10.6 Å². The maximum Gasteiger partial charge on any atom is 0.410 e. The summed E-state index contributed by atoms with van der Waals surface area (Å²) in [4.78, 5) is 29.0. The summed E-state index contributed by atoms with van der Waals surface area (Å²) in [5, 5.41) is 14.4. The van der Waals surface area contributed by atoms with E-state index < -0.39 is 22.4 Å². The molecule has 0 unspecified atom stereocenters. The molecular formula is C25H25FN4O4. The van der Waals surface area contributed by atoms with Crippen LogP contribution in [0.5, 0.6) is 0 Å². The Hall–Kier alpha value is -4.01. The molecule has 1 fully saturated rings. The molecule has 176 valence electrons. The third kappa shape index (κ3) is 5.14. The van der Waals surface area contributed by atoms with Gasteiger partial charge in [-0.2, -0.15) is 0 Å². The molecular weight excluding hydrogens is 439 g/mol. The van der Waals surface area contributed by atoms with E-state index in [2.05, 4.69) is 10.3 Å². The lowest BCUT2D eigenvalue weighted by atomic mass is 9.91. The van der Waals surface area contributed by atoms with Gasteiger partial charge >= 0.3 is 11.8 Å². The number of benzene rings is 2. The Kier molecular flexibility index (Phi) is 6.19. The lowest BCUT2D eigenvalue weighted by molar-refractivity contribution is -0.384. The Morgan fingerprint density at radius 2 is 1.85 bits per heavy atom. The second kappa shape index (κ2) is 9.09. The van der Waals surface area contributed by atoms with E-state index in [4.69, 9.17) is 4.74 Å². The Labute approximate surface area is 196 Å². The molecule has 1 amide bonds. The summed E-state index contributed by atoms with van der Waals surface area (Å²) in [6.07, 6.45) is -0.417. The average Bonchev–Trinajstić information content (AvgIpc) is 2.73.